The minimum Gasteiger partial charge on any atom is -0.354 e. The van der Waals surface area contributed by atoms with Crippen molar-refractivity contribution in [3.8, 4) is 0 Å². The van der Waals surface area contributed by atoms with Gasteiger partial charge in [0.25, 0.3) is 0 Å². The molecular weight excluding hydrogens is 238 g/mol. The number of anilines is 1. The van der Waals surface area contributed by atoms with E-state index in [1.54, 1.807) is 0 Å². The molecular formula is C15H23N3O. The van der Waals surface area contributed by atoms with E-state index in [1.165, 1.54) is 16.8 Å². The summed E-state index contributed by atoms with van der Waals surface area (Å²) in [4.78, 5) is 14.4. The zero-order valence-corrected chi connectivity index (χ0v) is 12.2. The van der Waals surface area contributed by atoms with Crippen molar-refractivity contribution in [2.24, 2.45) is 0 Å². The number of rotatable bonds is 3. The molecule has 104 valence electrons. The summed E-state index contributed by atoms with van der Waals surface area (Å²) in [5.41, 5.74) is 3.65. The molecule has 0 aliphatic carbocycles. The highest BCUT2D eigenvalue weighted by Gasteiger charge is 2.34. The van der Waals surface area contributed by atoms with Gasteiger partial charge >= 0.3 is 0 Å². The van der Waals surface area contributed by atoms with Crippen molar-refractivity contribution < 1.29 is 4.79 Å². The average molecular weight is 261 g/mol. The summed E-state index contributed by atoms with van der Waals surface area (Å²) in [6.45, 7) is 7.74. The smallest absolute Gasteiger partial charge is 0.244 e. The molecule has 0 spiro atoms. The van der Waals surface area contributed by atoms with E-state index in [9.17, 15) is 4.79 Å². The summed E-state index contributed by atoms with van der Waals surface area (Å²) in [6.07, 6.45) is 0. The van der Waals surface area contributed by atoms with Crippen LogP contribution < -0.4 is 15.5 Å². The Balaban J connectivity index is 2.45. The summed E-state index contributed by atoms with van der Waals surface area (Å²) in [6, 6.07) is 6.44. The van der Waals surface area contributed by atoms with Gasteiger partial charge < -0.3 is 15.5 Å². The zero-order chi connectivity index (χ0) is 14.0. The Bertz CT molecular complexity index is 452. The van der Waals surface area contributed by atoms with Crippen LogP contribution in [0.1, 0.15) is 18.1 Å². The summed E-state index contributed by atoms with van der Waals surface area (Å²) < 4.78 is 0. The molecule has 19 heavy (non-hydrogen) atoms. The molecule has 0 bridgehead atoms. The predicted molar refractivity (Wildman–Crippen MR) is 78.6 cm³/mol. The standard InChI is InChI=1S/C15H23N3O/c1-10-6-5-7-11(2)14(10)18-12(3)8-17-15(19)13(18)9-16-4/h5-7,12-13,16H,8-9H2,1-4H3,(H,17,19). The van der Waals surface area contributed by atoms with Crippen LogP contribution in [0.5, 0.6) is 0 Å². The van der Waals surface area contributed by atoms with Crippen molar-refractivity contribution >= 4 is 11.6 Å². The first-order chi connectivity index (χ1) is 9.06. The Morgan fingerprint density at radius 2 is 2.00 bits per heavy atom. The lowest BCUT2D eigenvalue weighted by Gasteiger charge is -2.43. The van der Waals surface area contributed by atoms with E-state index >= 15 is 0 Å². The Morgan fingerprint density at radius 3 is 2.58 bits per heavy atom. The minimum absolute atomic E-state index is 0.107. The number of piperazine rings is 1. The third-order valence-electron chi connectivity index (χ3n) is 3.78. The average Bonchev–Trinajstić information content (AvgIpc) is 2.37. The molecule has 0 saturated carbocycles. The number of likely N-dealkylation sites (N-methyl/N-ethyl adjacent to an activating group) is 1. The third-order valence-corrected chi connectivity index (χ3v) is 3.78. The molecule has 2 rings (SSSR count). The first-order valence-corrected chi connectivity index (χ1v) is 6.83. The number of hydrogen-bond acceptors (Lipinski definition) is 3. The molecule has 0 radical (unpaired) electrons. The van der Waals surface area contributed by atoms with Crippen LogP contribution in [0.25, 0.3) is 0 Å². The number of para-hydroxylation sites is 1. The number of nitrogens with zero attached hydrogens (tertiary/aromatic N) is 1. The van der Waals surface area contributed by atoms with E-state index in [4.69, 9.17) is 0 Å². The second-order valence-corrected chi connectivity index (χ2v) is 5.32. The maximum absolute atomic E-state index is 12.1. The molecule has 1 aromatic rings. The van der Waals surface area contributed by atoms with E-state index in [-0.39, 0.29) is 11.9 Å². The number of hydrogen-bond donors (Lipinski definition) is 2. The van der Waals surface area contributed by atoms with E-state index < -0.39 is 0 Å². The van der Waals surface area contributed by atoms with Crippen LogP contribution in [0.2, 0.25) is 0 Å². The van der Waals surface area contributed by atoms with Gasteiger partial charge in [-0.05, 0) is 38.9 Å². The number of carbonyl (C=O) groups is 1. The van der Waals surface area contributed by atoms with Crippen LogP contribution in [-0.4, -0.2) is 38.1 Å². The topological polar surface area (TPSA) is 44.4 Å². The van der Waals surface area contributed by atoms with Gasteiger partial charge in [-0.2, -0.15) is 0 Å². The van der Waals surface area contributed by atoms with Crippen LogP contribution in [0, 0.1) is 13.8 Å². The van der Waals surface area contributed by atoms with Gasteiger partial charge in [0.15, 0.2) is 0 Å². The van der Waals surface area contributed by atoms with Gasteiger partial charge in [-0.15, -0.1) is 0 Å². The fourth-order valence-corrected chi connectivity index (χ4v) is 2.87. The molecule has 0 aromatic heterocycles. The highest BCUT2D eigenvalue weighted by atomic mass is 16.2. The number of nitrogens with one attached hydrogen (secondary N) is 2. The van der Waals surface area contributed by atoms with Crippen molar-refractivity contribution in [1.29, 1.82) is 0 Å². The molecule has 1 aliphatic rings. The number of amides is 1. The number of carbonyl (C=O) groups excluding carboxylic acids is 1. The van der Waals surface area contributed by atoms with Crippen molar-refractivity contribution in [3.05, 3.63) is 29.3 Å². The molecule has 2 N–H and O–H groups in total. The Kier molecular flexibility index (Phi) is 4.10. The van der Waals surface area contributed by atoms with Crippen LogP contribution >= 0.6 is 0 Å². The van der Waals surface area contributed by atoms with Gasteiger partial charge in [-0.25, -0.2) is 0 Å². The van der Waals surface area contributed by atoms with Gasteiger partial charge in [-0.3, -0.25) is 4.79 Å². The summed E-state index contributed by atoms with van der Waals surface area (Å²) in [5, 5.41) is 6.11. The normalized spacial score (nSPS) is 23.4. The summed E-state index contributed by atoms with van der Waals surface area (Å²) in [5.74, 6) is 0.107. The van der Waals surface area contributed by atoms with Gasteiger partial charge in [0.05, 0.1) is 0 Å². The molecule has 2 atom stereocenters. The SMILES string of the molecule is CNCC1C(=O)NCC(C)N1c1c(C)cccc1C. The summed E-state index contributed by atoms with van der Waals surface area (Å²) >= 11 is 0. The lowest BCUT2D eigenvalue weighted by Crippen LogP contribution is -2.62. The largest absolute Gasteiger partial charge is 0.354 e. The molecule has 1 heterocycles. The Morgan fingerprint density at radius 1 is 1.37 bits per heavy atom. The number of aryl methyl sites for hydroxylation is 2. The third kappa shape index (κ3) is 2.59. The number of benzene rings is 1. The quantitative estimate of drug-likeness (QED) is 0.860. The van der Waals surface area contributed by atoms with Gasteiger partial charge in [0.2, 0.25) is 5.91 Å². The first kappa shape index (κ1) is 13.9. The van der Waals surface area contributed by atoms with Gasteiger partial charge in [-0.1, -0.05) is 18.2 Å². The van der Waals surface area contributed by atoms with Crippen LogP contribution in [-0.2, 0) is 4.79 Å². The molecule has 1 fully saturated rings. The monoisotopic (exact) mass is 261 g/mol. The van der Waals surface area contributed by atoms with E-state index in [0.29, 0.717) is 19.1 Å². The fourth-order valence-electron chi connectivity index (χ4n) is 2.87. The molecule has 2 unspecified atom stereocenters. The van der Waals surface area contributed by atoms with Crippen molar-refractivity contribution in [2.75, 3.05) is 25.0 Å². The molecule has 4 nitrogen and oxygen atoms in total. The molecule has 1 aliphatic heterocycles. The van der Waals surface area contributed by atoms with Gasteiger partial charge in [0.1, 0.15) is 6.04 Å². The second-order valence-electron chi connectivity index (χ2n) is 5.32. The van der Waals surface area contributed by atoms with Gasteiger partial charge in [0, 0.05) is 24.8 Å². The molecule has 1 saturated heterocycles. The molecule has 1 amide bonds. The molecule has 4 heteroatoms. The van der Waals surface area contributed by atoms with Crippen molar-refractivity contribution in [3.63, 3.8) is 0 Å². The van der Waals surface area contributed by atoms with E-state index in [2.05, 4.69) is 54.5 Å². The zero-order valence-electron chi connectivity index (χ0n) is 12.2. The lowest BCUT2D eigenvalue weighted by atomic mass is 10.0. The fraction of sp³-hybridized carbons (Fsp3) is 0.533. The highest BCUT2D eigenvalue weighted by molar-refractivity contribution is 5.88. The van der Waals surface area contributed by atoms with Crippen molar-refractivity contribution in [2.45, 2.75) is 32.9 Å². The Hall–Kier alpha value is -1.55. The Labute approximate surface area is 115 Å². The lowest BCUT2D eigenvalue weighted by molar-refractivity contribution is -0.123. The predicted octanol–water partition coefficient (Wildman–Crippen LogP) is 1.22. The van der Waals surface area contributed by atoms with Crippen LogP contribution in [0.15, 0.2) is 18.2 Å². The summed E-state index contributed by atoms with van der Waals surface area (Å²) in [7, 11) is 1.88. The maximum Gasteiger partial charge on any atom is 0.244 e. The minimum atomic E-state index is -0.145. The van der Waals surface area contributed by atoms with Crippen molar-refractivity contribution in [1.82, 2.24) is 10.6 Å². The van der Waals surface area contributed by atoms with Crippen LogP contribution in [0.3, 0.4) is 0 Å². The molecule has 1 aromatic carbocycles. The first-order valence-electron chi connectivity index (χ1n) is 6.83. The van der Waals surface area contributed by atoms with E-state index in [1.807, 2.05) is 7.05 Å². The van der Waals surface area contributed by atoms with E-state index in [0.717, 1.165) is 0 Å². The van der Waals surface area contributed by atoms with Crippen LogP contribution in [0.4, 0.5) is 5.69 Å². The highest BCUT2D eigenvalue weighted by Crippen LogP contribution is 2.29. The second kappa shape index (κ2) is 5.61. The maximum atomic E-state index is 12.1.